The van der Waals surface area contributed by atoms with Gasteiger partial charge in [-0.25, -0.2) is 4.79 Å². The second kappa shape index (κ2) is 6.12. The van der Waals surface area contributed by atoms with Crippen LogP contribution in [0.25, 0.3) is 0 Å². The Kier molecular flexibility index (Phi) is 4.81. The van der Waals surface area contributed by atoms with Crippen LogP contribution in [-0.4, -0.2) is 29.1 Å². The molecular weight excluding hydrogens is 230 g/mol. The highest BCUT2D eigenvalue weighted by molar-refractivity contribution is 5.81. The zero-order valence-electron chi connectivity index (χ0n) is 10.9. The van der Waals surface area contributed by atoms with Gasteiger partial charge < -0.3 is 4.74 Å². The van der Waals surface area contributed by atoms with Crippen molar-refractivity contribution in [1.82, 2.24) is 15.3 Å². The molecule has 5 heteroatoms. The molecule has 1 atom stereocenters. The summed E-state index contributed by atoms with van der Waals surface area (Å²) in [5.74, 6) is 2.03. The molecular formula is C13H17N3O2. The van der Waals surface area contributed by atoms with Crippen LogP contribution in [0.5, 0.6) is 0 Å². The SMILES string of the molecule is C#CCNC(C)(C(=O)OCC)c1nccnc1C. The van der Waals surface area contributed by atoms with Gasteiger partial charge >= 0.3 is 5.97 Å². The summed E-state index contributed by atoms with van der Waals surface area (Å²) >= 11 is 0. The van der Waals surface area contributed by atoms with E-state index in [1.165, 1.54) is 6.20 Å². The van der Waals surface area contributed by atoms with E-state index in [1.807, 2.05) is 0 Å². The highest BCUT2D eigenvalue weighted by Crippen LogP contribution is 2.22. The van der Waals surface area contributed by atoms with Crippen LogP contribution < -0.4 is 5.32 Å². The van der Waals surface area contributed by atoms with Crippen LogP contribution in [0.15, 0.2) is 12.4 Å². The zero-order chi connectivity index (χ0) is 13.6. The van der Waals surface area contributed by atoms with Gasteiger partial charge in [-0.15, -0.1) is 6.42 Å². The minimum absolute atomic E-state index is 0.241. The molecule has 18 heavy (non-hydrogen) atoms. The molecule has 5 nitrogen and oxygen atoms in total. The summed E-state index contributed by atoms with van der Waals surface area (Å²) < 4.78 is 5.08. The van der Waals surface area contributed by atoms with Crippen LogP contribution in [-0.2, 0) is 15.1 Å². The van der Waals surface area contributed by atoms with Crippen molar-refractivity contribution in [3.05, 3.63) is 23.8 Å². The zero-order valence-corrected chi connectivity index (χ0v) is 10.9. The van der Waals surface area contributed by atoms with Crippen LogP contribution in [0.1, 0.15) is 25.2 Å². The minimum Gasteiger partial charge on any atom is -0.464 e. The van der Waals surface area contributed by atoms with Crippen molar-refractivity contribution in [2.45, 2.75) is 26.3 Å². The van der Waals surface area contributed by atoms with Crippen LogP contribution in [0.4, 0.5) is 0 Å². The van der Waals surface area contributed by atoms with E-state index < -0.39 is 11.5 Å². The predicted molar refractivity (Wildman–Crippen MR) is 67.6 cm³/mol. The molecule has 1 heterocycles. The third-order valence-corrected chi connectivity index (χ3v) is 2.58. The van der Waals surface area contributed by atoms with Gasteiger partial charge in [-0.2, -0.15) is 0 Å². The van der Waals surface area contributed by atoms with Gasteiger partial charge in [0.1, 0.15) is 0 Å². The van der Waals surface area contributed by atoms with Gasteiger partial charge in [0.05, 0.1) is 24.5 Å². The first kappa shape index (κ1) is 14.1. The minimum atomic E-state index is -1.08. The van der Waals surface area contributed by atoms with Crippen LogP contribution in [0, 0.1) is 19.3 Å². The van der Waals surface area contributed by atoms with Gasteiger partial charge in [-0.1, -0.05) is 5.92 Å². The molecule has 0 aliphatic carbocycles. The largest absolute Gasteiger partial charge is 0.464 e. The molecule has 96 valence electrons. The van der Waals surface area contributed by atoms with E-state index >= 15 is 0 Å². The number of rotatable bonds is 5. The standard InChI is InChI=1S/C13H17N3O2/c1-5-7-16-13(4,12(17)18-6-2)11-10(3)14-8-9-15-11/h1,8-9,16H,6-7H2,2-4H3. The third-order valence-electron chi connectivity index (χ3n) is 2.58. The number of hydrogen-bond donors (Lipinski definition) is 1. The number of carbonyl (C=O) groups excluding carboxylic acids is 1. The second-order valence-electron chi connectivity index (χ2n) is 3.89. The summed E-state index contributed by atoms with van der Waals surface area (Å²) in [5.41, 5.74) is 0.108. The number of nitrogens with zero attached hydrogens (tertiary/aromatic N) is 2. The second-order valence-corrected chi connectivity index (χ2v) is 3.89. The molecule has 0 fully saturated rings. The number of nitrogens with one attached hydrogen (secondary N) is 1. The molecule has 0 aliphatic rings. The summed E-state index contributed by atoms with van der Waals surface area (Å²) in [4.78, 5) is 20.4. The van der Waals surface area contributed by atoms with Gasteiger partial charge in [0.2, 0.25) is 0 Å². The smallest absolute Gasteiger partial charge is 0.332 e. The molecule has 1 unspecified atom stereocenters. The summed E-state index contributed by atoms with van der Waals surface area (Å²) in [5, 5.41) is 2.97. The molecule has 0 aliphatic heterocycles. The molecule has 0 aromatic carbocycles. The summed E-state index contributed by atoms with van der Waals surface area (Å²) in [6.07, 6.45) is 8.34. The van der Waals surface area contributed by atoms with E-state index in [1.54, 1.807) is 27.0 Å². The summed E-state index contributed by atoms with van der Waals surface area (Å²) in [7, 11) is 0. The molecule has 0 amide bonds. The Morgan fingerprint density at radius 3 is 2.78 bits per heavy atom. The van der Waals surface area contributed by atoms with Crippen molar-refractivity contribution in [1.29, 1.82) is 0 Å². The average molecular weight is 247 g/mol. The van der Waals surface area contributed by atoms with Crippen molar-refractivity contribution in [2.75, 3.05) is 13.2 Å². The quantitative estimate of drug-likeness (QED) is 0.615. The van der Waals surface area contributed by atoms with Crippen LogP contribution >= 0.6 is 0 Å². The number of aromatic nitrogens is 2. The van der Waals surface area contributed by atoms with Gasteiger partial charge in [0, 0.05) is 12.4 Å². The van der Waals surface area contributed by atoms with Gasteiger partial charge in [0.15, 0.2) is 5.54 Å². The molecule has 1 N–H and O–H groups in total. The number of esters is 1. The van der Waals surface area contributed by atoms with Gasteiger partial charge in [-0.05, 0) is 20.8 Å². The Balaban J connectivity index is 3.16. The van der Waals surface area contributed by atoms with Crippen molar-refractivity contribution in [2.24, 2.45) is 0 Å². The lowest BCUT2D eigenvalue weighted by molar-refractivity contribution is -0.151. The molecule has 0 spiro atoms. The predicted octanol–water partition coefficient (Wildman–Crippen LogP) is 0.786. The van der Waals surface area contributed by atoms with Crippen LogP contribution in [0.2, 0.25) is 0 Å². The maximum atomic E-state index is 12.1. The summed E-state index contributed by atoms with van der Waals surface area (Å²) in [6.45, 7) is 5.77. The van der Waals surface area contributed by atoms with Crippen molar-refractivity contribution in [3.8, 4) is 12.3 Å². The van der Waals surface area contributed by atoms with E-state index in [9.17, 15) is 4.79 Å². The van der Waals surface area contributed by atoms with Gasteiger partial charge in [0.25, 0.3) is 0 Å². The monoisotopic (exact) mass is 247 g/mol. The van der Waals surface area contributed by atoms with E-state index in [2.05, 4.69) is 21.2 Å². The van der Waals surface area contributed by atoms with Crippen molar-refractivity contribution < 1.29 is 9.53 Å². The molecule has 1 aromatic rings. The molecule has 0 saturated carbocycles. The Morgan fingerprint density at radius 1 is 1.56 bits per heavy atom. The number of aryl methyl sites for hydroxylation is 1. The van der Waals surface area contributed by atoms with E-state index in [0.717, 1.165) is 0 Å². The highest BCUT2D eigenvalue weighted by atomic mass is 16.5. The first-order valence-corrected chi connectivity index (χ1v) is 5.70. The van der Waals surface area contributed by atoms with E-state index in [0.29, 0.717) is 18.0 Å². The number of terminal acetylenes is 1. The molecule has 1 rings (SSSR count). The Hall–Kier alpha value is -1.93. The molecule has 0 bridgehead atoms. The molecule has 1 aromatic heterocycles. The summed E-state index contributed by atoms with van der Waals surface area (Å²) in [6, 6.07) is 0. The van der Waals surface area contributed by atoms with E-state index in [4.69, 9.17) is 11.2 Å². The first-order valence-electron chi connectivity index (χ1n) is 5.70. The van der Waals surface area contributed by atoms with Gasteiger partial charge in [-0.3, -0.25) is 15.3 Å². The number of hydrogen-bond acceptors (Lipinski definition) is 5. The van der Waals surface area contributed by atoms with Crippen LogP contribution in [0.3, 0.4) is 0 Å². The third kappa shape index (κ3) is 2.84. The fraction of sp³-hybridized carbons (Fsp3) is 0.462. The lowest BCUT2D eigenvalue weighted by Gasteiger charge is -2.27. The average Bonchev–Trinajstić information content (AvgIpc) is 2.36. The van der Waals surface area contributed by atoms with Crippen molar-refractivity contribution in [3.63, 3.8) is 0 Å². The Labute approximate surface area is 107 Å². The fourth-order valence-corrected chi connectivity index (χ4v) is 1.65. The van der Waals surface area contributed by atoms with E-state index in [-0.39, 0.29) is 6.54 Å². The Morgan fingerprint density at radius 2 is 2.22 bits per heavy atom. The number of carbonyl (C=O) groups is 1. The lowest BCUT2D eigenvalue weighted by Crippen LogP contribution is -2.49. The highest BCUT2D eigenvalue weighted by Gasteiger charge is 2.39. The fourth-order valence-electron chi connectivity index (χ4n) is 1.65. The maximum Gasteiger partial charge on any atom is 0.332 e. The number of ether oxygens (including phenoxy) is 1. The molecule has 0 saturated heterocycles. The van der Waals surface area contributed by atoms with Crippen molar-refractivity contribution >= 4 is 5.97 Å². The lowest BCUT2D eigenvalue weighted by atomic mass is 9.95. The maximum absolute atomic E-state index is 12.1. The normalized spacial score (nSPS) is 13.4. The molecule has 0 radical (unpaired) electrons. The Bertz CT molecular complexity index is 468. The topological polar surface area (TPSA) is 64.1 Å². The first-order chi connectivity index (χ1) is 8.56.